The highest BCUT2D eigenvalue weighted by atomic mass is 35.5. The molecular weight excluding hydrogens is 296 g/mol. The Bertz CT molecular complexity index is 490. The van der Waals surface area contributed by atoms with Crippen molar-refractivity contribution in [1.29, 1.82) is 0 Å². The molecule has 3 rings (SSSR count). The van der Waals surface area contributed by atoms with E-state index in [9.17, 15) is 4.79 Å². The molecule has 1 amide bonds. The number of quaternary nitrogens is 1. The number of carbonyl (C=O) groups is 1. The Hall–Kier alpha value is -1.06. The minimum absolute atomic E-state index is 0.0850. The number of hydrogen-bond donors (Lipinski definition) is 2. The van der Waals surface area contributed by atoms with Crippen molar-refractivity contribution < 1.29 is 9.69 Å². The maximum Gasteiger partial charge on any atom is 0.283 e. The highest BCUT2D eigenvalue weighted by molar-refractivity contribution is 6.30. The topological polar surface area (TPSA) is 33.5 Å². The molecule has 2 fully saturated rings. The number of halogens is 1. The summed E-state index contributed by atoms with van der Waals surface area (Å²) in [6.07, 6.45) is 8.48. The van der Waals surface area contributed by atoms with Crippen LogP contribution in [0.4, 0.5) is 0 Å². The molecule has 2 N–H and O–H groups in total. The smallest absolute Gasteiger partial charge is 0.283 e. The first-order chi connectivity index (χ1) is 10.7. The summed E-state index contributed by atoms with van der Waals surface area (Å²) in [5, 5.41) is 4.03. The first-order valence-corrected chi connectivity index (χ1v) is 9.02. The van der Waals surface area contributed by atoms with Crippen LogP contribution in [-0.4, -0.2) is 25.0 Å². The van der Waals surface area contributed by atoms with Crippen molar-refractivity contribution in [2.24, 2.45) is 0 Å². The Morgan fingerprint density at radius 3 is 2.32 bits per heavy atom. The van der Waals surface area contributed by atoms with E-state index in [-0.39, 0.29) is 11.9 Å². The van der Waals surface area contributed by atoms with Gasteiger partial charge in [0, 0.05) is 16.6 Å². The highest BCUT2D eigenvalue weighted by Crippen LogP contribution is 2.20. The second-order valence-electron chi connectivity index (χ2n) is 6.69. The van der Waals surface area contributed by atoms with Crippen LogP contribution in [0.25, 0.3) is 0 Å². The van der Waals surface area contributed by atoms with Gasteiger partial charge in [0.2, 0.25) is 0 Å². The van der Waals surface area contributed by atoms with Crippen LogP contribution in [0.5, 0.6) is 0 Å². The molecule has 0 bridgehead atoms. The molecule has 0 spiro atoms. The minimum atomic E-state index is -0.0850. The summed E-state index contributed by atoms with van der Waals surface area (Å²) >= 11 is 6.01. The zero-order chi connectivity index (χ0) is 15.4. The van der Waals surface area contributed by atoms with Gasteiger partial charge in [-0.3, -0.25) is 4.79 Å². The van der Waals surface area contributed by atoms with Gasteiger partial charge in [0.15, 0.2) is 6.04 Å². The number of piperidine rings is 1. The third-order valence-corrected chi connectivity index (χ3v) is 5.32. The molecule has 22 heavy (non-hydrogen) atoms. The number of rotatable bonds is 4. The lowest BCUT2D eigenvalue weighted by Crippen LogP contribution is -3.14. The van der Waals surface area contributed by atoms with E-state index in [1.807, 2.05) is 24.3 Å². The van der Waals surface area contributed by atoms with Crippen molar-refractivity contribution in [1.82, 2.24) is 5.32 Å². The van der Waals surface area contributed by atoms with E-state index in [1.165, 1.54) is 37.0 Å². The molecule has 0 radical (unpaired) electrons. The fourth-order valence-electron chi connectivity index (χ4n) is 3.88. The molecule has 0 aromatic heterocycles. The first kappa shape index (κ1) is 15.8. The van der Waals surface area contributed by atoms with Crippen molar-refractivity contribution in [2.45, 2.75) is 57.0 Å². The van der Waals surface area contributed by atoms with Gasteiger partial charge in [-0.05, 0) is 44.2 Å². The molecule has 1 unspecified atom stereocenters. The minimum Gasteiger partial charge on any atom is -0.348 e. The summed E-state index contributed by atoms with van der Waals surface area (Å²) < 4.78 is 0. The lowest BCUT2D eigenvalue weighted by atomic mass is 10.0. The molecule has 4 heteroatoms. The van der Waals surface area contributed by atoms with Crippen LogP contribution in [0.2, 0.25) is 5.02 Å². The number of nitrogens with one attached hydrogen (secondary N) is 2. The van der Waals surface area contributed by atoms with E-state index >= 15 is 0 Å². The zero-order valence-corrected chi connectivity index (χ0v) is 13.9. The van der Waals surface area contributed by atoms with Gasteiger partial charge in [-0.1, -0.05) is 36.6 Å². The summed E-state index contributed by atoms with van der Waals surface area (Å²) in [5.74, 6) is 0.200. The maximum atomic E-state index is 12.9. The van der Waals surface area contributed by atoms with Crippen molar-refractivity contribution in [3.8, 4) is 0 Å². The van der Waals surface area contributed by atoms with Gasteiger partial charge < -0.3 is 10.2 Å². The van der Waals surface area contributed by atoms with Crippen LogP contribution in [0.1, 0.15) is 56.6 Å². The molecule has 1 aromatic carbocycles. The Balaban J connectivity index is 1.77. The number of carbonyl (C=O) groups excluding carboxylic acids is 1. The third kappa shape index (κ3) is 3.82. The van der Waals surface area contributed by atoms with Gasteiger partial charge in [-0.2, -0.15) is 0 Å². The van der Waals surface area contributed by atoms with Crippen molar-refractivity contribution in [3.63, 3.8) is 0 Å². The quantitative estimate of drug-likeness (QED) is 0.878. The highest BCUT2D eigenvalue weighted by Gasteiger charge is 2.34. The molecule has 120 valence electrons. The Kier molecular flexibility index (Phi) is 5.37. The van der Waals surface area contributed by atoms with Crippen LogP contribution in [0, 0.1) is 0 Å². The molecule has 3 nitrogen and oxygen atoms in total. The van der Waals surface area contributed by atoms with E-state index in [0.717, 1.165) is 36.5 Å². The number of benzene rings is 1. The molecule has 1 saturated heterocycles. The standard InChI is InChI=1S/C18H25ClN2O/c19-15-10-8-14(9-11-15)17(21-12-4-1-5-13-21)18(22)20-16-6-2-3-7-16/h8-11,16-17H,1-7,12-13H2,(H,20,22)/p+1. The second kappa shape index (κ2) is 7.47. The summed E-state index contributed by atoms with van der Waals surface area (Å²) in [7, 11) is 0. The first-order valence-electron chi connectivity index (χ1n) is 8.64. The Morgan fingerprint density at radius 1 is 1.05 bits per heavy atom. The Labute approximate surface area is 138 Å². The van der Waals surface area contributed by atoms with Gasteiger partial charge >= 0.3 is 0 Å². The lowest BCUT2D eigenvalue weighted by molar-refractivity contribution is -0.926. The van der Waals surface area contributed by atoms with E-state index in [0.29, 0.717) is 6.04 Å². The summed E-state index contributed by atoms with van der Waals surface area (Å²) in [6, 6.07) is 8.13. The van der Waals surface area contributed by atoms with Crippen molar-refractivity contribution in [2.75, 3.05) is 13.1 Å². The average molecular weight is 322 g/mol. The molecule has 1 aromatic rings. The third-order valence-electron chi connectivity index (χ3n) is 5.07. The number of hydrogen-bond acceptors (Lipinski definition) is 1. The SMILES string of the molecule is O=C(NC1CCCC1)C(c1ccc(Cl)cc1)[NH+]1CCCCC1. The molecule has 1 atom stereocenters. The van der Waals surface area contributed by atoms with Crippen LogP contribution < -0.4 is 10.2 Å². The van der Waals surface area contributed by atoms with Gasteiger partial charge in [0.25, 0.3) is 5.91 Å². The van der Waals surface area contributed by atoms with Crippen LogP contribution in [-0.2, 0) is 4.79 Å². The fraction of sp³-hybridized carbons (Fsp3) is 0.611. The van der Waals surface area contributed by atoms with Gasteiger partial charge in [-0.15, -0.1) is 0 Å². The molecule has 2 aliphatic rings. The lowest BCUT2D eigenvalue weighted by Gasteiger charge is -2.31. The summed E-state index contributed by atoms with van der Waals surface area (Å²) in [4.78, 5) is 14.3. The van der Waals surface area contributed by atoms with Crippen molar-refractivity contribution in [3.05, 3.63) is 34.9 Å². The molecular formula is C18H26ClN2O+. The second-order valence-corrected chi connectivity index (χ2v) is 7.13. The molecule has 1 aliphatic carbocycles. The van der Waals surface area contributed by atoms with E-state index < -0.39 is 0 Å². The Morgan fingerprint density at radius 2 is 1.68 bits per heavy atom. The number of amides is 1. The largest absolute Gasteiger partial charge is 0.348 e. The van der Waals surface area contributed by atoms with E-state index in [2.05, 4.69) is 5.32 Å². The average Bonchev–Trinajstić information content (AvgIpc) is 3.03. The van der Waals surface area contributed by atoms with Crippen LogP contribution >= 0.6 is 11.6 Å². The van der Waals surface area contributed by atoms with Gasteiger partial charge in [-0.25, -0.2) is 0 Å². The van der Waals surface area contributed by atoms with E-state index in [1.54, 1.807) is 0 Å². The fourth-order valence-corrected chi connectivity index (χ4v) is 4.00. The van der Waals surface area contributed by atoms with Crippen LogP contribution in [0.15, 0.2) is 24.3 Å². The van der Waals surface area contributed by atoms with Crippen molar-refractivity contribution >= 4 is 17.5 Å². The maximum absolute atomic E-state index is 12.9. The predicted molar refractivity (Wildman–Crippen MR) is 89.1 cm³/mol. The van der Waals surface area contributed by atoms with Gasteiger partial charge in [0.1, 0.15) is 0 Å². The summed E-state index contributed by atoms with van der Waals surface area (Å²) in [6.45, 7) is 2.18. The monoisotopic (exact) mass is 321 g/mol. The van der Waals surface area contributed by atoms with Crippen LogP contribution in [0.3, 0.4) is 0 Å². The molecule has 1 aliphatic heterocycles. The van der Waals surface area contributed by atoms with Gasteiger partial charge in [0.05, 0.1) is 13.1 Å². The predicted octanol–water partition coefficient (Wildman–Crippen LogP) is 2.51. The normalized spacial score (nSPS) is 21.7. The molecule has 1 heterocycles. The summed E-state index contributed by atoms with van der Waals surface area (Å²) in [5.41, 5.74) is 1.09. The van der Waals surface area contributed by atoms with E-state index in [4.69, 9.17) is 11.6 Å². The zero-order valence-electron chi connectivity index (χ0n) is 13.1. The molecule has 1 saturated carbocycles. The number of likely N-dealkylation sites (tertiary alicyclic amines) is 1.